The summed E-state index contributed by atoms with van der Waals surface area (Å²) < 4.78 is 22.8. The van der Waals surface area contributed by atoms with Gasteiger partial charge in [0.25, 0.3) is 5.91 Å². The van der Waals surface area contributed by atoms with Crippen LogP contribution < -0.4 is 14.4 Å². The number of nitrogens with zero attached hydrogens (tertiary/aromatic N) is 1. The Bertz CT molecular complexity index is 1360. The van der Waals surface area contributed by atoms with Gasteiger partial charge in [-0.15, -0.1) is 0 Å². The molecule has 2 bridgehead atoms. The van der Waals surface area contributed by atoms with Crippen LogP contribution in [0.5, 0.6) is 5.75 Å². The highest BCUT2D eigenvalue weighted by Gasteiger charge is 2.38. The Balaban J connectivity index is 1.33. The first-order chi connectivity index (χ1) is 20.9. The van der Waals surface area contributed by atoms with Crippen molar-refractivity contribution in [2.45, 2.75) is 88.4 Å². The first-order valence-corrected chi connectivity index (χ1v) is 17.8. The molecule has 232 valence electrons. The van der Waals surface area contributed by atoms with E-state index in [1.54, 1.807) is 6.07 Å². The van der Waals surface area contributed by atoms with E-state index in [1.165, 1.54) is 30.4 Å². The van der Waals surface area contributed by atoms with Crippen LogP contribution in [0.1, 0.15) is 92.1 Å². The normalized spacial score (nSPS) is 30.6. The van der Waals surface area contributed by atoms with Crippen molar-refractivity contribution in [1.29, 1.82) is 0 Å². The molecule has 2 N–H and O–H groups in total. The minimum absolute atomic E-state index is 0.0986. The van der Waals surface area contributed by atoms with Crippen LogP contribution in [-0.4, -0.2) is 46.3 Å². The second-order valence-corrected chi connectivity index (χ2v) is 15.0. The highest BCUT2D eigenvalue weighted by atomic mass is 35.5. The number of halogens is 1. The summed E-state index contributed by atoms with van der Waals surface area (Å²) in [6.45, 7) is 4.22. The van der Waals surface area contributed by atoms with Gasteiger partial charge in [-0.2, -0.15) is 0 Å². The first kappa shape index (κ1) is 30.7. The van der Waals surface area contributed by atoms with Crippen LogP contribution in [0.15, 0.2) is 48.6 Å². The summed E-state index contributed by atoms with van der Waals surface area (Å²) in [6, 6.07) is 11.8. The Morgan fingerprint density at radius 3 is 2.70 bits per heavy atom. The van der Waals surface area contributed by atoms with Gasteiger partial charge < -0.3 is 14.7 Å². The minimum atomic E-state index is -1.48. The predicted molar refractivity (Wildman–Crippen MR) is 174 cm³/mol. The first-order valence-electron chi connectivity index (χ1n) is 16.3. The molecule has 43 heavy (non-hydrogen) atoms. The molecule has 6 atom stereocenters. The lowest BCUT2D eigenvalue weighted by atomic mass is 9.70. The molecule has 8 heteroatoms. The molecule has 0 saturated heterocycles. The molecule has 6 rings (SSSR count). The number of aliphatic hydroxyl groups is 1. The average molecular weight is 625 g/mol. The quantitative estimate of drug-likeness (QED) is 0.352. The van der Waals surface area contributed by atoms with Crippen LogP contribution in [0.4, 0.5) is 5.69 Å². The van der Waals surface area contributed by atoms with Gasteiger partial charge in [0.15, 0.2) is 0 Å². The van der Waals surface area contributed by atoms with Crippen molar-refractivity contribution in [3.63, 3.8) is 0 Å². The molecule has 5 unspecified atom stereocenters. The number of hydrogen-bond donors (Lipinski definition) is 2. The van der Waals surface area contributed by atoms with Crippen LogP contribution in [0.25, 0.3) is 0 Å². The van der Waals surface area contributed by atoms with Crippen LogP contribution in [0, 0.1) is 17.8 Å². The maximum atomic E-state index is 13.5. The summed E-state index contributed by atoms with van der Waals surface area (Å²) >= 11 is 6.40. The van der Waals surface area contributed by atoms with Crippen molar-refractivity contribution in [3.8, 4) is 5.75 Å². The minimum Gasteiger partial charge on any atom is -0.491 e. The molecule has 2 fully saturated rings. The number of carbonyl (C=O) groups excluding carboxylic acids is 1. The van der Waals surface area contributed by atoms with Gasteiger partial charge in [-0.1, -0.05) is 62.4 Å². The number of nitrogens with one attached hydrogen (secondary N) is 1. The van der Waals surface area contributed by atoms with Gasteiger partial charge in [0.1, 0.15) is 16.7 Å². The number of aliphatic hydroxyl groups excluding tert-OH is 1. The largest absolute Gasteiger partial charge is 0.491 e. The maximum absolute atomic E-state index is 13.5. The smallest absolute Gasteiger partial charge is 0.263 e. The molecule has 4 aliphatic rings. The SMILES string of the molecule is CCCc1cc(Cl)ccc1C1COc2ccc3cc2N(C1)CC1CCC1C(O)/C=C/CC[C@H](CC1CCC1)S(=O)NC3=O. The van der Waals surface area contributed by atoms with Crippen molar-refractivity contribution in [2.24, 2.45) is 17.8 Å². The lowest BCUT2D eigenvalue weighted by Gasteiger charge is -2.42. The van der Waals surface area contributed by atoms with E-state index in [1.807, 2.05) is 24.3 Å². The molecule has 2 aromatic rings. The number of anilines is 1. The zero-order chi connectivity index (χ0) is 29.9. The number of benzene rings is 2. The summed E-state index contributed by atoms with van der Waals surface area (Å²) in [5.74, 6) is 1.71. The van der Waals surface area contributed by atoms with E-state index < -0.39 is 17.1 Å². The fourth-order valence-corrected chi connectivity index (χ4v) is 8.77. The number of rotatable bonds is 5. The Hall–Kier alpha value is -2.35. The number of fused-ring (bicyclic) bond motifs is 2. The number of carbonyl (C=O) groups is 1. The molecule has 0 radical (unpaired) electrons. The molecule has 2 saturated carbocycles. The number of ether oxygens (including phenoxy) is 1. The number of allylic oxidation sites excluding steroid dienone is 1. The van der Waals surface area contributed by atoms with Gasteiger partial charge in [0.2, 0.25) is 0 Å². The van der Waals surface area contributed by atoms with E-state index in [9.17, 15) is 14.1 Å². The third-order valence-electron chi connectivity index (χ3n) is 10.2. The van der Waals surface area contributed by atoms with Crippen molar-refractivity contribution < 1.29 is 18.8 Å². The van der Waals surface area contributed by atoms with Crippen LogP contribution in [0.2, 0.25) is 5.02 Å². The average Bonchev–Trinajstić information content (AvgIpc) is 3.12. The second kappa shape index (κ2) is 13.7. The Kier molecular flexibility index (Phi) is 9.80. The van der Waals surface area contributed by atoms with Gasteiger partial charge in [0, 0.05) is 29.6 Å². The van der Waals surface area contributed by atoms with Gasteiger partial charge in [-0.25, -0.2) is 4.21 Å². The summed E-state index contributed by atoms with van der Waals surface area (Å²) in [5.41, 5.74) is 3.90. The standard InChI is InChI=1S/C35H45ClN2O4S/c1-2-6-24-18-28(36)13-15-30(24)27-21-38-20-26-11-14-31(26)33(39)10-4-3-9-29(17-23-7-5-8-23)43(41)37-35(40)25-12-16-34(42-22-27)32(38)19-25/h4,10,12-13,15-16,18-19,23,26-27,29,31,33,39H,2-3,5-9,11,14,17,20-22H2,1H3,(H,37,40)/b10-4+/t26?,27?,29-,31?,33?,43?/m1/s1. The van der Waals surface area contributed by atoms with E-state index in [0.717, 1.165) is 74.5 Å². The summed E-state index contributed by atoms with van der Waals surface area (Å²) in [6.07, 6.45) is 13.5. The molecule has 2 aromatic carbocycles. The zero-order valence-electron chi connectivity index (χ0n) is 25.2. The molecule has 0 spiro atoms. The van der Waals surface area contributed by atoms with Crippen molar-refractivity contribution >= 4 is 34.2 Å². The van der Waals surface area contributed by atoms with Crippen molar-refractivity contribution in [2.75, 3.05) is 24.6 Å². The van der Waals surface area contributed by atoms with Crippen molar-refractivity contribution in [1.82, 2.24) is 4.72 Å². The topological polar surface area (TPSA) is 78.9 Å². The maximum Gasteiger partial charge on any atom is 0.263 e. The molecular formula is C35H45ClN2O4S. The second-order valence-electron chi connectivity index (χ2n) is 13.1. The highest BCUT2D eigenvalue weighted by Crippen LogP contribution is 2.43. The predicted octanol–water partition coefficient (Wildman–Crippen LogP) is 6.96. The van der Waals surface area contributed by atoms with Gasteiger partial charge in [-0.05, 0) is 97.7 Å². The summed E-state index contributed by atoms with van der Waals surface area (Å²) in [5, 5.41) is 11.8. The number of amides is 1. The Morgan fingerprint density at radius 2 is 1.95 bits per heavy atom. The molecule has 1 amide bonds. The fourth-order valence-electron chi connectivity index (χ4n) is 7.32. The third kappa shape index (κ3) is 6.99. The lowest BCUT2D eigenvalue weighted by Crippen LogP contribution is -2.44. The lowest BCUT2D eigenvalue weighted by molar-refractivity contribution is 0.0461. The fraction of sp³-hybridized carbons (Fsp3) is 0.571. The van der Waals surface area contributed by atoms with E-state index in [2.05, 4.69) is 34.8 Å². The zero-order valence-corrected chi connectivity index (χ0v) is 26.8. The molecule has 0 aromatic heterocycles. The Labute approximate surface area is 263 Å². The molecule has 2 aliphatic carbocycles. The van der Waals surface area contributed by atoms with Crippen molar-refractivity contribution in [3.05, 3.63) is 70.3 Å². The van der Waals surface area contributed by atoms with Crippen LogP contribution in [0.3, 0.4) is 0 Å². The van der Waals surface area contributed by atoms with Crippen LogP contribution >= 0.6 is 11.6 Å². The summed E-state index contributed by atoms with van der Waals surface area (Å²) in [4.78, 5) is 15.9. The summed E-state index contributed by atoms with van der Waals surface area (Å²) in [7, 11) is -1.48. The van der Waals surface area contributed by atoms with Crippen LogP contribution in [-0.2, 0) is 17.4 Å². The third-order valence-corrected chi connectivity index (χ3v) is 11.8. The number of aryl methyl sites for hydroxylation is 1. The monoisotopic (exact) mass is 624 g/mol. The highest BCUT2D eigenvalue weighted by molar-refractivity contribution is 7.84. The molecular weight excluding hydrogens is 580 g/mol. The van der Waals surface area contributed by atoms with E-state index >= 15 is 0 Å². The number of hydrogen-bond acceptors (Lipinski definition) is 5. The van der Waals surface area contributed by atoms with E-state index in [4.69, 9.17) is 16.3 Å². The molecule has 2 aliphatic heterocycles. The van der Waals surface area contributed by atoms with E-state index in [0.29, 0.717) is 24.0 Å². The van der Waals surface area contributed by atoms with Gasteiger partial charge >= 0.3 is 0 Å². The Morgan fingerprint density at radius 1 is 1.09 bits per heavy atom. The van der Waals surface area contributed by atoms with Gasteiger partial charge in [0.05, 0.1) is 23.6 Å². The van der Waals surface area contributed by atoms with E-state index in [-0.39, 0.29) is 23.0 Å². The molecule has 2 heterocycles. The molecule has 6 nitrogen and oxygen atoms in total. The van der Waals surface area contributed by atoms with Gasteiger partial charge in [-0.3, -0.25) is 9.52 Å².